The zero-order chi connectivity index (χ0) is 32.6. The van der Waals surface area contributed by atoms with Crippen LogP contribution in [0.5, 0.6) is 0 Å². The Morgan fingerprint density at radius 1 is 0.490 bits per heavy atom. The van der Waals surface area contributed by atoms with Gasteiger partial charge < -0.3 is 13.6 Å². The molecular formula is C44H24N4O. The van der Waals surface area contributed by atoms with Crippen molar-refractivity contribution in [3.05, 3.63) is 163 Å². The molecule has 0 atom stereocenters. The van der Waals surface area contributed by atoms with E-state index in [4.69, 9.17) is 11.0 Å². The Kier molecular flexibility index (Phi) is 5.64. The molecule has 0 aliphatic rings. The molecule has 7 aromatic carbocycles. The van der Waals surface area contributed by atoms with Gasteiger partial charge in [0.2, 0.25) is 5.69 Å². The summed E-state index contributed by atoms with van der Waals surface area (Å²) in [7, 11) is 0. The van der Waals surface area contributed by atoms with E-state index in [-0.39, 0.29) is 0 Å². The highest BCUT2D eigenvalue weighted by atomic mass is 16.3. The standard InChI is InChI=1S/C44H24N4O/c1-46-36-21-20-28(23-42(36)47-37-14-6-2-10-30(37)31-11-3-7-15-38(31)47)27-18-19-29(26-45)40(22-27)48-39-16-8-4-12-32(39)34-24-35-33-13-5-9-17-43(33)49-44(35)25-41(34)48/h2-25H. The molecule has 5 nitrogen and oxygen atoms in total. The predicted octanol–water partition coefficient (Wildman–Crippen LogP) is 11.9. The Morgan fingerprint density at radius 2 is 1.04 bits per heavy atom. The largest absolute Gasteiger partial charge is 0.456 e. The number of rotatable bonds is 3. The molecule has 226 valence electrons. The van der Waals surface area contributed by atoms with Crippen LogP contribution in [0.4, 0.5) is 5.69 Å². The maximum absolute atomic E-state index is 10.4. The van der Waals surface area contributed by atoms with Gasteiger partial charge in [-0.1, -0.05) is 91.0 Å². The number of furan rings is 1. The van der Waals surface area contributed by atoms with E-state index in [1.165, 1.54) is 0 Å². The third-order valence-electron chi connectivity index (χ3n) is 9.78. The SMILES string of the molecule is [C-]#[N+]c1ccc(-c2ccc(C#N)c(-n3c4ccccc4c4cc5c(cc43)oc3ccccc35)c2)cc1-n1c2ccccc2c2ccccc21. The summed E-state index contributed by atoms with van der Waals surface area (Å²) in [6, 6.07) is 51.9. The fourth-order valence-electron chi connectivity index (χ4n) is 7.60. The van der Waals surface area contributed by atoms with E-state index in [0.29, 0.717) is 11.3 Å². The molecule has 0 fully saturated rings. The number of nitriles is 1. The minimum atomic E-state index is 0.566. The van der Waals surface area contributed by atoms with E-state index in [1.54, 1.807) is 0 Å². The van der Waals surface area contributed by atoms with Gasteiger partial charge in [0.05, 0.1) is 45.6 Å². The first kappa shape index (κ1) is 27.1. The highest BCUT2D eigenvalue weighted by Crippen LogP contribution is 2.41. The lowest BCUT2D eigenvalue weighted by atomic mass is 10.0. The molecule has 0 saturated heterocycles. The number of para-hydroxylation sites is 4. The Hall–Kier alpha value is -7.08. The maximum atomic E-state index is 10.4. The molecule has 0 unspecified atom stereocenters. The Morgan fingerprint density at radius 3 is 1.69 bits per heavy atom. The van der Waals surface area contributed by atoms with Gasteiger partial charge >= 0.3 is 0 Å². The van der Waals surface area contributed by atoms with Crippen LogP contribution in [0.25, 0.3) is 92.9 Å². The van der Waals surface area contributed by atoms with Gasteiger partial charge in [-0.3, -0.25) is 0 Å². The molecule has 10 aromatic rings. The van der Waals surface area contributed by atoms with Crippen LogP contribution in [-0.2, 0) is 0 Å². The molecule has 0 amide bonds. The summed E-state index contributed by atoms with van der Waals surface area (Å²) in [5.41, 5.74) is 10.4. The number of aromatic nitrogens is 2. The van der Waals surface area contributed by atoms with Crippen LogP contribution in [0.3, 0.4) is 0 Å². The number of benzene rings is 7. The van der Waals surface area contributed by atoms with Gasteiger partial charge in [-0.05, 0) is 59.7 Å². The highest BCUT2D eigenvalue weighted by Gasteiger charge is 2.20. The number of hydrogen-bond donors (Lipinski definition) is 0. The van der Waals surface area contributed by atoms with Crippen molar-refractivity contribution in [3.63, 3.8) is 0 Å². The van der Waals surface area contributed by atoms with Crippen LogP contribution >= 0.6 is 0 Å². The van der Waals surface area contributed by atoms with Crippen molar-refractivity contribution in [2.45, 2.75) is 0 Å². The van der Waals surface area contributed by atoms with Gasteiger partial charge in [-0.15, -0.1) is 0 Å². The fraction of sp³-hybridized carbons (Fsp3) is 0. The Balaban J connectivity index is 1.23. The molecule has 3 heterocycles. The zero-order valence-electron chi connectivity index (χ0n) is 26.1. The summed E-state index contributed by atoms with van der Waals surface area (Å²) in [5.74, 6) is 0. The summed E-state index contributed by atoms with van der Waals surface area (Å²) in [5, 5.41) is 17.0. The van der Waals surface area contributed by atoms with Crippen LogP contribution in [0, 0.1) is 17.9 Å². The second-order valence-electron chi connectivity index (χ2n) is 12.3. The lowest BCUT2D eigenvalue weighted by Gasteiger charge is -2.15. The van der Waals surface area contributed by atoms with E-state index < -0.39 is 0 Å². The molecule has 0 aliphatic carbocycles. The first-order valence-electron chi connectivity index (χ1n) is 16.1. The summed E-state index contributed by atoms with van der Waals surface area (Å²) >= 11 is 0. The van der Waals surface area contributed by atoms with Gasteiger partial charge in [0.1, 0.15) is 17.2 Å². The molecular weight excluding hydrogens is 601 g/mol. The van der Waals surface area contributed by atoms with E-state index >= 15 is 0 Å². The number of nitrogens with zero attached hydrogens (tertiary/aromatic N) is 4. The van der Waals surface area contributed by atoms with Crippen LogP contribution in [0.1, 0.15) is 5.56 Å². The molecule has 0 N–H and O–H groups in total. The third kappa shape index (κ3) is 3.85. The fourth-order valence-corrected chi connectivity index (χ4v) is 7.60. The molecule has 0 aliphatic heterocycles. The van der Waals surface area contributed by atoms with Gasteiger partial charge in [0, 0.05) is 38.4 Å². The average Bonchev–Trinajstić information content (AvgIpc) is 3.80. The first-order valence-corrected chi connectivity index (χ1v) is 16.1. The number of fused-ring (bicyclic) bond motifs is 9. The van der Waals surface area contributed by atoms with Crippen LogP contribution in [0.15, 0.2) is 150 Å². The second kappa shape index (κ2) is 10.2. The third-order valence-corrected chi connectivity index (χ3v) is 9.78. The van der Waals surface area contributed by atoms with Crippen molar-refractivity contribution in [2.24, 2.45) is 0 Å². The molecule has 5 heteroatoms. The first-order chi connectivity index (χ1) is 24.2. The van der Waals surface area contributed by atoms with E-state index in [0.717, 1.165) is 88.1 Å². The average molecular weight is 625 g/mol. The van der Waals surface area contributed by atoms with E-state index in [9.17, 15) is 5.26 Å². The normalized spacial score (nSPS) is 11.6. The van der Waals surface area contributed by atoms with Crippen molar-refractivity contribution in [3.8, 4) is 28.6 Å². The van der Waals surface area contributed by atoms with Crippen molar-refractivity contribution in [1.82, 2.24) is 9.13 Å². The highest BCUT2D eigenvalue weighted by molar-refractivity contribution is 6.17. The van der Waals surface area contributed by atoms with Crippen molar-refractivity contribution in [1.29, 1.82) is 5.26 Å². The van der Waals surface area contributed by atoms with Gasteiger partial charge in [-0.2, -0.15) is 5.26 Å². The monoisotopic (exact) mass is 624 g/mol. The van der Waals surface area contributed by atoms with Crippen molar-refractivity contribution < 1.29 is 4.42 Å². The molecule has 0 radical (unpaired) electrons. The van der Waals surface area contributed by atoms with E-state index in [2.05, 4.69) is 105 Å². The Bertz CT molecular complexity index is 3030. The van der Waals surface area contributed by atoms with Crippen molar-refractivity contribution >= 4 is 71.2 Å². The summed E-state index contributed by atoms with van der Waals surface area (Å²) < 4.78 is 10.7. The lowest BCUT2D eigenvalue weighted by Crippen LogP contribution is -1.99. The molecule has 3 aromatic heterocycles. The molecule has 49 heavy (non-hydrogen) atoms. The zero-order valence-corrected chi connectivity index (χ0v) is 26.1. The summed E-state index contributed by atoms with van der Waals surface area (Å²) in [4.78, 5) is 3.94. The molecule has 0 saturated carbocycles. The minimum Gasteiger partial charge on any atom is -0.456 e. The van der Waals surface area contributed by atoms with Gasteiger partial charge in [-0.25, -0.2) is 4.85 Å². The minimum absolute atomic E-state index is 0.566. The van der Waals surface area contributed by atoms with Crippen LogP contribution < -0.4 is 0 Å². The quantitative estimate of drug-likeness (QED) is 0.184. The second-order valence-corrected chi connectivity index (χ2v) is 12.3. The summed E-state index contributed by atoms with van der Waals surface area (Å²) in [6.07, 6.45) is 0. The molecule has 0 bridgehead atoms. The lowest BCUT2D eigenvalue weighted by molar-refractivity contribution is 0.669. The summed E-state index contributed by atoms with van der Waals surface area (Å²) in [6.45, 7) is 8.07. The van der Waals surface area contributed by atoms with E-state index in [1.807, 2.05) is 60.7 Å². The van der Waals surface area contributed by atoms with Crippen LogP contribution in [-0.4, -0.2) is 9.13 Å². The van der Waals surface area contributed by atoms with Crippen molar-refractivity contribution in [2.75, 3.05) is 0 Å². The predicted molar refractivity (Wildman–Crippen MR) is 199 cm³/mol. The number of hydrogen-bond acceptors (Lipinski definition) is 2. The van der Waals surface area contributed by atoms with Gasteiger partial charge in [0.25, 0.3) is 0 Å². The Labute approximate surface area is 280 Å². The maximum Gasteiger partial charge on any atom is 0.210 e. The topological polar surface area (TPSA) is 51.1 Å². The van der Waals surface area contributed by atoms with Crippen LogP contribution in [0.2, 0.25) is 0 Å². The molecule has 10 rings (SSSR count). The smallest absolute Gasteiger partial charge is 0.210 e. The van der Waals surface area contributed by atoms with Gasteiger partial charge in [0.15, 0.2) is 0 Å². The molecule has 0 spiro atoms.